The van der Waals surface area contributed by atoms with Crippen molar-refractivity contribution < 1.29 is 14.1 Å². The van der Waals surface area contributed by atoms with E-state index in [9.17, 15) is 19.3 Å². The Morgan fingerprint density at radius 3 is 2.43 bits per heavy atom. The van der Waals surface area contributed by atoms with Crippen molar-refractivity contribution in [1.82, 2.24) is 9.80 Å². The minimum absolute atomic E-state index is 0.0252. The van der Waals surface area contributed by atoms with E-state index in [1.807, 2.05) is 4.90 Å². The van der Waals surface area contributed by atoms with Crippen LogP contribution in [0.3, 0.4) is 0 Å². The highest BCUT2D eigenvalue weighted by atomic mass is 19.1. The molecule has 1 aliphatic rings. The Bertz CT molecular complexity index is 850. The molecule has 3 rings (SSSR count). The van der Waals surface area contributed by atoms with Gasteiger partial charge in [-0.1, -0.05) is 12.1 Å². The van der Waals surface area contributed by atoms with Crippen LogP contribution in [0.25, 0.3) is 6.08 Å². The van der Waals surface area contributed by atoms with Crippen molar-refractivity contribution in [3.63, 3.8) is 0 Å². The van der Waals surface area contributed by atoms with Crippen molar-refractivity contribution in [3.8, 4) is 0 Å². The van der Waals surface area contributed by atoms with Gasteiger partial charge < -0.3 is 4.90 Å². The van der Waals surface area contributed by atoms with Crippen LogP contribution in [0.2, 0.25) is 0 Å². The molecule has 0 saturated carbocycles. The number of nitro benzene ring substituents is 1. The molecule has 0 bridgehead atoms. The number of non-ortho nitro benzene ring substituents is 1. The van der Waals surface area contributed by atoms with Gasteiger partial charge in [0.1, 0.15) is 5.82 Å². The van der Waals surface area contributed by atoms with E-state index >= 15 is 0 Å². The third-order valence-corrected chi connectivity index (χ3v) is 4.74. The molecule has 2 aromatic carbocycles. The zero-order valence-corrected chi connectivity index (χ0v) is 15.5. The standard InChI is InChI=1S/C21H22FN3O3/c22-19-7-2-18(3-8-19)16-23-12-1-13-24(15-14-23)21(26)11-6-17-4-9-20(10-5-17)25(27)28/h2-11H,1,12-16H2/b11-6+. The summed E-state index contributed by atoms with van der Waals surface area (Å²) in [5, 5.41) is 10.7. The summed E-state index contributed by atoms with van der Waals surface area (Å²) in [5.41, 5.74) is 1.82. The largest absolute Gasteiger partial charge is 0.338 e. The quantitative estimate of drug-likeness (QED) is 0.450. The third kappa shape index (κ3) is 5.47. The molecule has 1 fully saturated rings. The van der Waals surface area contributed by atoms with Gasteiger partial charge in [-0.2, -0.15) is 0 Å². The van der Waals surface area contributed by atoms with E-state index in [-0.39, 0.29) is 17.4 Å². The van der Waals surface area contributed by atoms with Gasteiger partial charge in [-0.25, -0.2) is 4.39 Å². The Labute approximate surface area is 163 Å². The Morgan fingerprint density at radius 1 is 1.04 bits per heavy atom. The van der Waals surface area contributed by atoms with Crippen molar-refractivity contribution in [3.05, 3.63) is 81.7 Å². The highest BCUT2D eigenvalue weighted by molar-refractivity contribution is 5.91. The maximum absolute atomic E-state index is 13.0. The number of carbonyl (C=O) groups is 1. The van der Waals surface area contributed by atoms with E-state index in [1.54, 1.807) is 30.3 Å². The molecule has 0 unspecified atom stereocenters. The Morgan fingerprint density at radius 2 is 1.75 bits per heavy atom. The Kier molecular flexibility index (Phi) is 6.49. The molecule has 146 valence electrons. The summed E-state index contributed by atoms with van der Waals surface area (Å²) < 4.78 is 13.0. The van der Waals surface area contributed by atoms with Gasteiger partial charge in [0, 0.05) is 50.9 Å². The number of rotatable bonds is 5. The molecule has 28 heavy (non-hydrogen) atoms. The van der Waals surface area contributed by atoms with Crippen molar-refractivity contribution in [2.75, 3.05) is 26.2 Å². The van der Waals surface area contributed by atoms with Crippen LogP contribution in [0.5, 0.6) is 0 Å². The normalized spacial score (nSPS) is 15.5. The van der Waals surface area contributed by atoms with E-state index in [1.165, 1.54) is 30.3 Å². The summed E-state index contributed by atoms with van der Waals surface area (Å²) in [6.07, 6.45) is 4.06. The molecular formula is C21H22FN3O3. The lowest BCUT2D eigenvalue weighted by Gasteiger charge is -2.21. The first kappa shape index (κ1) is 19.7. The van der Waals surface area contributed by atoms with Crippen LogP contribution in [0.4, 0.5) is 10.1 Å². The predicted octanol–water partition coefficient (Wildman–Crippen LogP) is 3.48. The molecule has 6 nitrogen and oxygen atoms in total. The molecular weight excluding hydrogens is 361 g/mol. The van der Waals surface area contributed by atoms with E-state index in [0.29, 0.717) is 13.1 Å². The summed E-state index contributed by atoms with van der Waals surface area (Å²) in [7, 11) is 0. The fraction of sp³-hybridized carbons (Fsp3) is 0.286. The van der Waals surface area contributed by atoms with Gasteiger partial charge in [0.2, 0.25) is 5.91 Å². The molecule has 1 amide bonds. The summed E-state index contributed by atoms with van der Waals surface area (Å²) in [6, 6.07) is 12.6. The second-order valence-corrected chi connectivity index (χ2v) is 6.76. The number of amides is 1. The molecule has 0 aliphatic carbocycles. The third-order valence-electron chi connectivity index (χ3n) is 4.74. The molecule has 0 N–H and O–H groups in total. The molecule has 1 heterocycles. The lowest BCUT2D eigenvalue weighted by atomic mass is 10.2. The average molecular weight is 383 g/mol. The van der Waals surface area contributed by atoms with E-state index in [2.05, 4.69) is 4.90 Å². The summed E-state index contributed by atoms with van der Waals surface area (Å²) in [6.45, 7) is 3.69. The van der Waals surface area contributed by atoms with Crippen molar-refractivity contribution in [2.24, 2.45) is 0 Å². The van der Waals surface area contributed by atoms with Crippen LogP contribution in [0.15, 0.2) is 54.6 Å². The van der Waals surface area contributed by atoms with Gasteiger partial charge in [-0.05, 0) is 47.9 Å². The van der Waals surface area contributed by atoms with Gasteiger partial charge >= 0.3 is 0 Å². The summed E-state index contributed by atoms with van der Waals surface area (Å²) >= 11 is 0. The van der Waals surface area contributed by atoms with E-state index in [0.717, 1.165) is 37.2 Å². The number of carbonyl (C=O) groups excluding carboxylic acids is 1. The van der Waals surface area contributed by atoms with Crippen LogP contribution < -0.4 is 0 Å². The lowest BCUT2D eigenvalue weighted by molar-refractivity contribution is -0.384. The number of hydrogen-bond acceptors (Lipinski definition) is 4. The SMILES string of the molecule is O=C(/C=C/c1ccc([N+](=O)[O-])cc1)N1CCCN(Cc2ccc(F)cc2)CC1. The summed E-state index contributed by atoms with van der Waals surface area (Å²) in [4.78, 5) is 26.8. The second kappa shape index (κ2) is 9.23. The smallest absolute Gasteiger partial charge is 0.269 e. The lowest BCUT2D eigenvalue weighted by Crippen LogP contribution is -2.34. The first-order chi connectivity index (χ1) is 13.5. The predicted molar refractivity (Wildman–Crippen MR) is 105 cm³/mol. The second-order valence-electron chi connectivity index (χ2n) is 6.76. The molecule has 0 radical (unpaired) electrons. The highest BCUT2D eigenvalue weighted by Gasteiger charge is 2.17. The van der Waals surface area contributed by atoms with E-state index < -0.39 is 4.92 Å². The fourth-order valence-corrected chi connectivity index (χ4v) is 3.18. The van der Waals surface area contributed by atoms with E-state index in [4.69, 9.17) is 0 Å². The molecule has 0 spiro atoms. The maximum Gasteiger partial charge on any atom is 0.269 e. The van der Waals surface area contributed by atoms with Gasteiger partial charge in [-0.15, -0.1) is 0 Å². The van der Waals surface area contributed by atoms with Crippen molar-refractivity contribution in [2.45, 2.75) is 13.0 Å². The number of nitrogens with zero attached hydrogens (tertiary/aromatic N) is 3. The maximum atomic E-state index is 13.0. The summed E-state index contributed by atoms with van der Waals surface area (Å²) in [5.74, 6) is -0.307. The minimum Gasteiger partial charge on any atom is -0.338 e. The average Bonchev–Trinajstić information content (AvgIpc) is 2.94. The number of halogens is 1. The van der Waals surface area contributed by atoms with Gasteiger partial charge in [-0.3, -0.25) is 19.8 Å². The zero-order valence-electron chi connectivity index (χ0n) is 15.5. The fourth-order valence-electron chi connectivity index (χ4n) is 3.18. The highest BCUT2D eigenvalue weighted by Crippen LogP contribution is 2.14. The molecule has 0 aromatic heterocycles. The van der Waals surface area contributed by atoms with Crippen LogP contribution >= 0.6 is 0 Å². The van der Waals surface area contributed by atoms with Crippen LogP contribution in [-0.2, 0) is 11.3 Å². The molecule has 1 saturated heterocycles. The van der Waals surface area contributed by atoms with Gasteiger partial charge in [0.05, 0.1) is 4.92 Å². The zero-order chi connectivity index (χ0) is 19.9. The number of hydrogen-bond donors (Lipinski definition) is 0. The number of benzene rings is 2. The number of nitro groups is 1. The first-order valence-corrected chi connectivity index (χ1v) is 9.19. The molecule has 7 heteroatoms. The molecule has 0 atom stereocenters. The monoisotopic (exact) mass is 383 g/mol. The van der Waals surface area contributed by atoms with Crippen LogP contribution in [-0.4, -0.2) is 46.8 Å². The Balaban J connectivity index is 1.53. The van der Waals surface area contributed by atoms with Crippen molar-refractivity contribution >= 4 is 17.7 Å². The molecule has 2 aromatic rings. The minimum atomic E-state index is -0.451. The Hall–Kier alpha value is -3.06. The van der Waals surface area contributed by atoms with Gasteiger partial charge in [0.15, 0.2) is 0 Å². The van der Waals surface area contributed by atoms with Crippen LogP contribution in [0.1, 0.15) is 17.5 Å². The topological polar surface area (TPSA) is 66.7 Å². The van der Waals surface area contributed by atoms with Crippen LogP contribution in [0, 0.1) is 15.9 Å². The first-order valence-electron chi connectivity index (χ1n) is 9.19. The molecule has 1 aliphatic heterocycles. The van der Waals surface area contributed by atoms with Crippen molar-refractivity contribution in [1.29, 1.82) is 0 Å². The van der Waals surface area contributed by atoms with Gasteiger partial charge in [0.25, 0.3) is 5.69 Å².